The molecule has 1 atom stereocenters. The molecule has 7 nitrogen and oxygen atoms in total. The highest BCUT2D eigenvalue weighted by molar-refractivity contribution is 5.92. The molecule has 1 aliphatic heterocycles. The van der Waals surface area contributed by atoms with Gasteiger partial charge in [-0.25, -0.2) is 15.0 Å². The first-order valence-corrected chi connectivity index (χ1v) is 8.27. The minimum Gasteiger partial charge on any atom is -0.382 e. The second kappa shape index (κ2) is 7.33. The molecule has 0 spiro atoms. The zero-order valence-electron chi connectivity index (χ0n) is 13.9. The molecule has 1 fully saturated rings. The molecule has 1 amide bonds. The number of likely N-dealkylation sites (tertiary alicyclic amines) is 1. The molecule has 2 aromatic heterocycles. The zero-order valence-corrected chi connectivity index (χ0v) is 13.9. The number of aromatic nitrogens is 4. The molecule has 126 valence electrons. The summed E-state index contributed by atoms with van der Waals surface area (Å²) in [5, 5.41) is 0. The molecule has 1 aliphatic rings. The minimum absolute atomic E-state index is 0.00609. The van der Waals surface area contributed by atoms with Gasteiger partial charge in [-0.05, 0) is 44.6 Å². The van der Waals surface area contributed by atoms with E-state index < -0.39 is 0 Å². The molecule has 3 rings (SSSR count). The van der Waals surface area contributed by atoms with Crippen molar-refractivity contribution in [3.8, 4) is 0 Å². The van der Waals surface area contributed by atoms with Crippen LogP contribution in [0.4, 0.5) is 5.82 Å². The number of aryl methyl sites for hydroxylation is 1. The van der Waals surface area contributed by atoms with Crippen molar-refractivity contribution in [1.29, 1.82) is 0 Å². The second-order valence-electron chi connectivity index (χ2n) is 6.21. The Hall–Kier alpha value is -2.57. The Morgan fingerprint density at radius 2 is 2.12 bits per heavy atom. The van der Waals surface area contributed by atoms with Gasteiger partial charge in [0.15, 0.2) is 0 Å². The lowest BCUT2D eigenvalue weighted by atomic mass is 9.95. The van der Waals surface area contributed by atoms with E-state index in [4.69, 9.17) is 5.73 Å². The Labute approximate surface area is 141 Å². The number of rotatable bonds is 3. The van der Waals surface area contributed by atoms with Crippen molar-refractivity contribution in [2.75, 3.05) is 18.8 Å². The zero-order chi connectivity index (χ0) is 16.9. The van der Waals surface area contributed by atoms with Crippen molar-refractivity contribution in [2.45, 2.75) is 32.6 Å². The maximum absolute atomic E-state index is 12.6. The predicted molar refractivity (Wildman–Crippen MR) is 90.2 cm³/mol. The van der Waals surface area contributed by atoms with Crippen molar-refractivity contribution in [3.63, 3.8) is 0 Å². The van der Waals surface area contributed by atoms with Gasteiger partial charge in [0, 0.05) is 19.3 Å². The number of carbonyl (C=O) groups excluding carboxylic acids is 1. The van der Waals surface area contributed by atoms with E-state index in [0.29, 0.717) is 23.3 Å². The van der Waals surface area contributed by atoms with E-state index in [-0.39, 0.29) is 5.91 Å². The van der Waals surface area contributed by atoms with Crippen LogP contribution >= 0.6 is 0 Å². The molecule has 1 saturated heterocycles. The fraction of sp³-hybridized carbons (Fsp3) is 0.471. The van der Waals surface area contributed by atoms with Crippen molar-refractivity contribution in [2.24, 2.45) is 5.92 Å². The maximum atomic E-state index is 12.6. The number of hydrogen-bond acceptors (Lipinski definition) is 6. The van der Waals surface area contributed by atoms with Crippen LogP contribution in [0.15, 0.2) is 24.7 Å². The van der Waals surface area contributed by atoms with Gasteiger partial charge in [-0.3, -0.25) is 9.78 Å². The van der Waals surface area contributed by atoms with Gasteiger partial charge in [-0.15, -0.1) is 0 Å². The van der Waals surface area contributed by atoms with Crippen molar-refractivity contribution < 1.29 is 4.79 Å². The van der Waals surface area contributed by atoms with Crippen LogP contribution in [0.5, 0.6) is 0 Å². The molecular formula is C17H22N6O. The lowest BCUT2D eigenvalue weighted by Gasteiger charge is -2.20. The highest BCUT2D eigenvalue weighted by Crippen LogP contribution is 2.22. The monoisotopic (exact) mass is 326 g/mol. The predicted octanol–water partition coefficient (Wildman–Crippen LogP) is 1.64. The summed E-state index contributed by atoms with van der Waals surface area (Å²) < 4.78 is 0. The highest BCUT2D eigenvalue weighted by Gasteiger charge is 2.23. The largest absolute Gasteiger partial charge is 0.382 e. The van der Waals surface area contributed by atoms with Crippen LogP contribution in [0.2, 0.25) is 0 Å². The fourth-order valence-corrected chi connectivity index (χ4v) is 3.08. The van der Waals surface area contributed by atoms with Crippen molar-refractivity contribution >= 4 is 11.7 Å². The standard InChI is InChI=1S/C17H22N6O/c1-12-19-6-4-15(22-12)17(24)23-7-2-3-13(5-8-23)9-14-10-21-16(18)11-20-14/h4,6,10-11,13H,2-3,5,7-9H2,1H3,(H2,18,21). The summed E-state index contributed by atoms with van der Waals surface area (Å²) in [6, 6.07) is 1.68. The summed E-state index contributed by atoms with van der Waals surface area (Å²) in [6.07, 6.45) is 8.88. The quantitative estimate of drug-likeness (QED) is 0.921. The maximum Gasteiger partial charge on any atom is 0.272 e. The van der Waals surface area contributed by atoms with Crippen LogP contribution in [0.3, 0.4) is 0 Å². The van der Waals surface area contributed by atoms with Crippen LogP contribution < -0.4 is 5.73 Å². The second-order valence-corrected chi connectivity index (χ2v) is 6.21. The number of anilines is 1. The fourth-order valence-electron chi connectivity index (χ4n) is 3.08. The Morgan fingerprint density at radius 1 is 1.25 bits per heavy atom. The van der Waals surface area contributed by atoms with Gasteiger partial charge in [0.1, 0.15) is 17.3 Å². The summed E-state index contributed by atoms with van der Waals surface area (Å²) in [6.45, 7) is 3.31. The average molecular weight is 326 g/mol. The molecule has 24 heavy (non-hydrogen) atoms. The van der Waals surface area contributed by atoms with Gasteiger partial charge in [0.05, 0.1) is 18.1 Å². The van der Waals surface area contributed by atoms with E-state index in [1.807, 2.05) is 4.90 Å². The molecular weight excluding hydrogens is 304 g/mol. The van der Waals surface area contributed by atoms with E-state index in [0.717, 1.165) is 44.5 Å². The average Bonchev–Trinajstić information content (AvgIpc) is 2.82. The summed E-state index contributed by atoms with van der Waals surface area (Å²) in [7, 11) is 0. The Kier molecular flexibility index (Phi) is 4.98. The molecule has 0 radical (unpaired) electrons. The number of nitrogens with two attached hydrogens (primary N) is 1. The molecule has 0 bridgehead atoms. The molecule has 1 unspecified atom stereocenters. The van der Waals surface area contributed by atoms with Gasteiger partial charge in [-0.2, -0.15) is 0 Å². The van der Waals surface area contributed by atoms with Gasteiger partial charge in [0.2, 0.25) is 0 Å². The normalized spacial score (nSPS) is 18.2. The van der Waals surface area contributed by atoms with E-state index in [2.05, 4.69) is 19.9 Å². The third-order valence-electron chi connectivity index (χ3n) is 4.35. The minimum atomic E-state index is -0.00609. The van der Waals surface area contributed by atoms with Gasteiger partial charge >= 0.3 is 0 Å². The molecule has 2 N–H and O–H groups in total. The Bertz CT molecular complexity index is 702. The number of nitrogens with zero attached hydrogens (tertiary/aromatic N) is 5. The SMILES string of the molecule is Cc1nccc(C(=O)N2CCCC(Cc3cnc(N)cn3)CC2)n1. The van der Waals surface area contributed by atoms with E-state index in [1.54, 1.807) is 31.6 Å². The first-order chi connectivity index (χ1) is 11.6. The van der Waals surface area contributed by atoms with Crippen molar-refractivity contribution in [1.82, 2.24) is 24.8 Å². The third kappa shape index (κ3) is 4.04. The van der Waals surface area contributed by atoms with Crippen molar-refractivity contribution in [3.05, 3.63) is 41.9 Å². The smallest absolute Gasteiger partial charge is 0.272 e. The Balaban J connectivity index is 1.60. The topological polar surface area (TPSA) is 97.9 Å². The summed E-state index contributed by atoms with van der Waals surface area (Å²) in [4.78, 5) is 31.2. The van der Waals surface area contributed by atoms with Gasteiger partial charge in [-0.1, -0.05) is 0 Å². The molecule has 0 aromatic carbocycles. The van der Waals surface area contributed by atoms with E-state index >= 15 is 0 Å². The first-order valence-electron chi connectivity index (χ1n) is 8.27. The molecule has 3 heterocycles. The summed E-state index contributed by atoms with van der Waals surface area (Å²) in [5.41, 5.74) is 7.01. The lowest BCUT2D eigenvalue weighted by molar-refractivity contribution is 0.0753. The van der Waals surface area contributed by atoms with Crippen LogP contribution in [-0.4, -0.2) is 43.8 Å². The van der Waals surface area contributed by atoms with Crippen LogP contribution in [-0.2, 0) is 6.42 Å². The summed E-state index contributed by atoms with van der Waals surface area (Å²) >= 11 is 0. The third-order valence-corrected chi connectivity index (χ3v) is 4.35. The van der Waals surface area contributed by atoms with Crippen LogP contribution in [0.1, 0.15) is 41.3 Å². The van der Waals surface area contributed by atoms with Crippen LogP contribution in [0.25, 0.3) is 0 Å². The number of nitrogen functional groups attached to an aromatic ring is 1. The van der Waals surface area contributed by atoms with Gasteiger partial charge < -0.3 is 10.6 Å². The number of amides is 1. The first kappa shape index (κ1) is 16.3. The van der Waals surface area contributed by atoms with Crippen LogP contribution in [0, 0.1) is 12.8 Å². The molecule has 0 saturated carbocycles. The molecule has 7 heteroatoms. The highest BCUT2D eigenvalue weighted by atomic mass is 16.2. The molecule has 0 aliphatic carbocycles. The van der Waals surface area contributed by atoms with E-state index in [9.17, 15) is 4.79 Å². The Morgan fingerprint density at radius 3 is 2.88 bits per heavy atom. The lowest BCUT2D eigenvalue weighted by Crippen LogP contribution is -2.32. The van der Waals surface area contributed by atoms with E-state index in [1.165, 1.54) is 0 Å². The van der Waals surface area contributed by atoms with Gasteiger partial charge in [0.25, 0.3) is 5.91 Å². The number of carbonyl (C=O) groups is 1. The number of hydrogen-bond donors (Lipinski definition) is 1. The molecule has 2 aromatic rings. The summed E-state index contributed by atoms with van der Waals surface area (Å²) in [5.74, 6) is 1.56.